The van der Waals surface area contributed by atoms with Crippen LogP contribution in [0.2, 0.25) is 0 Å². The highest BCUT2D eigenvalue weighted by Crippen LogP contribution is 2.28. The largest absolute Gasteiger partial charge is 0.353 e. The Morgan fingerprint density at radius 1 is 1.39 bits per heavy atom. The van der Waals surface area contributed by atoms with Crippen LogP contribution in [0.1, 0.15) is 45.4 Å². The van der Waals surface area contributed by atoms with Crippen molar-refractivity contribution in [2.45, 2.75) is 56.7 Å². The van der Waals surface area contributed by atoms with Gasteiger partial charge in [-0.3, -0.25) is 4.79 Å². The molecule has 0 heterocycles. The molecule has 108 valence electrons. The third-order valence-electron chi connectivity index (χ3n) is 3.22. The first-order valence-corrected chi connectivity index (χ1v) is 7.86. The lowest BCUT2D eigenvalue weighted by Crippen LogP contribution is -2.39. The number of carbonyl (C=O) groups is 1. The molecule has 1 fully saturated rings. The molecule has 1 rings (SSSR count). The Morgan fingerprint density at radius 3 is 2.83 bits per heavy atom. The van der Waals surface area contributed by atoms with Gasteiger partial charge in [-0.1, -0.05) is 13.3 Å². The Hall–Kier alpha value is 0.0700. The zero-order chi connectivity index (χ0) is 12.5. The smallest absolute Gasteiger partial charge is 0.220 e. The standard InChI is InChI=1S/C13H26N2OS.ClH/c1-3-17-12-7-4-6-11(10-12)15-13(16)8-5-9-14-2;/h11-12,14H,3-10H2,1-2H3,(H,15,16);1H. The van der Waals surface area contributed by atoms with E-state index in [2.05, 4.69) is 17.6 Å². The quantitative estimate of drug-likeness (QED) is 0.709. The van der Waals surface area contributed by atoms with Crippen molar-refractivity contribution >= 4 is 30.1 Å². The number of thioether (sulfide) groups is 1. The molecule has 3 nitrogen and oxygen atoms in total. The number of hydrogen-bond acceptors (Lipinski definition) is 3. The van der Waals surface area contributed by atoms with Gasteiger partial charge in [-0.25, -0.2) is 0 Å². The summed E-state index contributed by atoms with van der Waals surface area (Å²) in [4.78, 5) is 11.7. The highest BCUT2D eigenvalue weighted by molar-refractivity contribution is 7.99. The van der Waals surface area contributed by atoms with E-state index in [4.69, 9.17) is 0 Å². The molecule has 1 saturated carbocycles. The predicted molar refractivity (Wildman–Crippen MR) is 82.7 cm³/mol. The van der Waals surface area contributed by atoms with Crippen molar-refractivity contribution in [2.75, 3.05) is 19.3 Å². The summed E-state index contributed by atoms with van der Waals surface area (Å²) in [6, 6.07) is 0.426. The Labute approximate surface area is 122 Å². The maximum atomic E-state index is 11.7. The van der Waals surface area contributed by atoms with Crippen LogP contribution in [0, 0.1) is 0 Å². The first kappa shape index (κ1) is 18.1. The van der Waals surface area contributed by atoms with Crippen LogP contribution in [0.25, 0.3) is 0 Å². The van der Waals surface area contributed by atoms with Crippen molar-refractivity contribution in [1.82, 2.24) is 10.6 Å². The van der Waals surface area contributed by atoms with Crippen molar-refractivity contribution in [3.63, 3.8) is 0 Å². The molecule has 1 aliphatic carbocycles. The van der Waals surface area contributed by atoms with Crippen LogP contribution < -0.4 is 10.6 Å². The topological polar surface area (TPSA) is 41.1 Å². The second-order valence-electron chi connectivity index (χ2n) is 4.72. The van der Waals surface area contributed by atoms with Gasteiger partial charge in [0.25, 0.3) is 0 Å². The lowest BCUT2D eigenvalue weighted by molar-refractivity contribution is -0.122. The summed E-state index contributed by atoms with van der Waals surface area (Å²) in [7, 11) is 1.92. The predicted octanol–water partition coefficient (Wildman–Crippen LogP) is 2.59. The minimum atomic E-state index is 0. The number of carbonyl (C=O) groups excluding carboxylic acids is 1. The number of nitrogens with one attached hydrogen (secondary N) is 2. The summed E-state index contributed by atoms with van der Waals surface area (Å²) in [5.74, 6) is 1.42. The van der Waals surface area contributed by atoms with E-state index in [0.717, 1.165) is 24.6 Å². The number of rotatable bonds is 7. The van der Waals surface area contributed by atoms with E-state index in [9.17, 15) is 4.79 Å². The monoisotopic (exact) mass is 294 g/mol. The van der Waals surface area contributed by atoms with Gasteiger partial charge in [0.1, 0.15) is 0 Å². The molecule has 0 saturated heterocycles. The molecule has 2 atom stereocenters. The fourth-order valence-electron chi connectivity index (χ4n) is 2.39. The average Bonchev–Trinajstić information content (AvgIpc) is 2.30. The third-order valence-corrected chi connectivity index (χ3v) is 4.46. The highest BCUT2D eigenvalue weighted by Gasteiger charge is 2.22. The molecule has 0 aromatic heterocycles. The summed E-state index contributed by atoms with van der Waals surface area (Å²) < 4.78 is 0. The van der Waals surface area contributed by atoms with E-state index >= 15 is 0 Å². The minimum Gasteiger partial charge on any atom is -0.353 e. The second kappa shape index (κ2) is 10.9. The lowest BCUT2D eigenvalue weighted by Gasteiger charge is -2.29. The first-order valence-electron chi connectivity index (χ1n) is 6.81. The van der Waals surface area contributed by atoms with E-state index in [0.29, 0.717) is 12.5 Å². The van der Waals surface area contributed by atoms with Crippen molar-refractivity contribution in [3.05, 3.63) is 0 Å². The lowest BCUT2D eigenvalue weighted by atomic mass is 9.95. The number of hydrogen-bond donors (Lipinski definition) is 2. The molecular weight excluding hydrogens is 268 g/mol. The molecule has 0 spiro atoms. The van der Waals surface area contributed by atoms with Gasteiger partial charge in [-0.05, 0) is 45.0 Å². The number of halogens is 1. The maximum Gasteiger partial charge on any atom is 0.220 e. The first-order chi connectivity index (χ1) is 8.26. The molecule has 2 N–H and O–H groups in total. The Balaban J connectivity index is 0.00000289. The van der Waals surface area contributed by atoms with Gasteiger partial charge in [0.05, 0.1) is 0 Å². The van der Waals surface area contributed by atoms with Crippen LogP contribution in [0.15, 0.2) is 0 Å². The molecule has 1 amide bonds. The Bertz CT molecular complexity index is 227. The summed E-state index contributed by atoms with van der Waals surface area (Å²) in [6.07, 6.45) is 6.50. The van der Waals surface area contributed by atoms with Gasteiger partial charge in [0.15, 0.2) is 0 Å². The van der Waals surface area contributed by atoms with E-state index in [1.165, 1.54) is 25.0 Å². The summed E-state index contributed by atoms with van der Waals surface area (Å²) in [5.41, 5.74) is 0. The van der Waals surface area contributed by atoms with Crippen LogP contribution in [0.5, 0.6) is 0 Å². The van der Waals surface area contributed by atoms with Crippen molar-refractivity contribution in [3.8, 4) is 0 Å². The number of amides is 1. The van der Waals surface area contributed by atoms with Gasteiger partial charge in [-0.2, -0.15) is 11.8 Å². The third kappa shape index (κ3) is 7.49. The van der Waals surface area contributed by atoms with Crippen LogP contribution in [-0.4, -0.2) is 36.5 Å². The maximum absolute atomic E-state index is 11.7. The van der Waals surface area contributed by atoms with Crippen molar-refractivity contribution < 1.29 is 4.79 Å². The Kier molecular flexibility index (Phi) is 11.0. The summed E-state index contributed by atoms with van der Waals surface area (Å²) in [6.45, 7) is 3.14. The molecular formula is C13H27ClN2OS. The Morgan fingerprint density at radius 2 is 2.17 bits per heavy atom. The summed E-state index contributed by atoms with van der Waals surface area (Å²) in [5, 5.41) is 7.01. The molecule has 0 aromatic carbocycles. The molecule has 0 aliphatic heterocycles. The van der Waals surface area contributed by atoms with Crippen LogP contribution >= 0.6 is 24.2 Å². The molecule has 2 unspecified atom stereocenters. The molecule has 1 aliphatic rings. The zero-order valence-electron chi connectivity index (χ0n) is 11.5. The van der Waals surface area contributed by atoms with Gasteiger partial charge in [-0.15, -0.1) is 12.4 Å². The van der Waals surface area contributed by atoms with Gasteiger partial charge >= 0.3 is 0 Å². The van der Waals surface area contributed by atoms with E-state index < -0.39 is 0 Å². The normalized spacial score (nSPS) is 23.2. The zero-order valence-corrected chi connectivity index (χ0v) is 13.2. The summed E-state index contributed by atoms with van der Waals surface area (Å²) >= 11 is 2.04. The fraction of sp³-hybridized carbons (Fsp3) is 0.923. The van der Waals surface area contributed by atoms with Gasteiger partial charge < -0.3 is 10.6 Å². The second-order valence-corrected chi connectivity index (χ2v) is 6.29. The van der Waals surface area contributed by atoms with Gasteiger partial charge in [0, 0.05) is 17.7 Å². The molecule has 5 heteroatoms. The molecule has 0 radical (unpaired) electrons. The van der Waals surface area contributed by atoms with E-state index in [1.54, 1.807) is 0 Å². The van der Waals surface area contributed by atoms with E-state index in [1.807, 2.05) is 18.8 Å². The van der Waals surface area contributed by atoms with Crippen LogP contribution in [0.4, 0.5) is 0 Å². The van der Waals surface area contributed by atoms with Crippen LogP contribution in [0.3, 0.4) is 0 Å². The van der Waals surface area contributed by atoms with Crippen molar-refractivity contribution in [1.29, 1.82) is 0 Å². The van der Waals surface area contributed by atoms with Crippen LogP contribution in [-0.2, 0) is 4.79 Å². The highest BCUT2D eigenvalue weighted by atomic mass is 35.5. The molecule has 0 bridgehead atoms. The fourth-order valence-corrected chi connectivity index (χ4v) is 3.56. The minimum absolute atomic E-state index is 0. The molecule has 18 heavy (non-hydrogen) atoms. The SMILES string of the molecule is CCSC1CCCC(NC(=O)CCCNC)C1.Cl. The van der Waals surface area contributed by atoms with Gasteiger partial charge in [0.2, 0.25) is 5.91 Å². The van der Waals surface area contributed by atoms with Crippen molar-refractivity contribution in [2.24, 2.45) is 0 Å². The van der Waals surface area contributed by atoms with E-state index in [-0.39, 0.29) is 18.3 Å². The average molecular weight is 295 g/mol. The molecule has 0 aromatic rings.